The van der Waals surface area contributed by atoms with Crippen molar-refractivity contribution in [3.63, 3.8) is 0 Å². The second kappa shape index (κ2) is 6.88. The predicted octanol–water partition coefficient (Wildman–Crippen LogP) is 2.68. The van der Waals surface area contributed by atoms with Crippen LogP contribution in [-0.2, 0) is 17.8 Å². The molecule has 2 aromatic carbocycles. The van der Waals surface area contributed by atoms with Gasteiger partial charge in [-0.3, -0.25) is 4.79 Å². The van der Waals surface area contributed by atoms with Crippen molar-refractivity contribution in [2.24, 2.45) is 0 Å². The first-order valence-corrected chi connectivity index (χ1v) is 7.64. The zero-order valence-corrected chi connectivity index (χ0v) is 13.3. The summed E-state index contributed by atoms with van der Waals surface area (Å²) >= 11 is 0. The minimum atomic E-state index is -0.373. The lowest BCUT2D eigenvalue weighted by Gasteiger charge is -2.21. The molecule has 0 unspecified atom stereocenters. The molecule has 1 aliphatic heterocycles. The maximum Gasteiger partial charge on any atom is 0.255 e. The van der Waals surface area contributed by atoms with Crippen LogP contribution in [0.2, 0.25) is 0 Å². The number of phenols is 1. The lowest BCUT2D eigenvalue weighted by Crippen LogP contribution is -2.26. The van der Waals surface area contributed by atoms with Crippen LogP contribution >= 0.6 is 0 Å². The molecule has 0 radical (unpaired) electrons. The van der Waals surface area contributed by atoms with Crippen LogP contribution in [0.3, 0.4) is 0 Å². The number of fused-ring (bicyclic) bond motifs is 1. The Hall–Kier alpha value is -2.60. The quantitative estimate of drug-likeness (QED) is 0.904. The molecule has 1 heterocycles. The number of benzene rings is 2. The molecule has 1 amide bonds. The Morgan fingerprint density at radius 1 is 1.33 bits per heavy atom. The van der Waals surface area contributed by atoms with Crippen molar-refractivity contribution >= 4 is 5.91 Å². The van der Waals surface area contributed by atoms with Gasteiger partial charge < -0.3 is 19.9 Å². The number of rotatable bonds is 4. The zero-order valence-electron chi connectivity index (χ0n) is 13.3. The molecule has 6 heteroatoms. The van der Waals surface area contributed by atoms with Gasteiger partial charge >= 0.3 is 0 Å². The number of aromatic hydroxyl groups is 1. The van der Waals surface area contributed by atoms with E-state index < -0.39 is 0 Å². The molecule has 126 valence electrons. The van der Waals surface area contributed by atoms with E-state index in [1.54, 1.807) is 12.1 Å². The van der Waals surface area contributed by atoms with Crippen LogP contribution in [0.25, 0.3) is 0 Å². The minimum absolute atomic E-state index is 0.0592. The van der Waals surface area contributed by atoms with Crippen molar-refractivity contribution < 1.29 is 23.8 Å². The third kappa shape index (κ3) is 3.49. The molecule has 0 aromatic heterocycles. The lowest BCUT2D eigenvalue weighted by atomic mass is 10.1. The van der Waals surface area contributed by atoms with E-state index in [0.29, 0.717) is 36.4 Å². The molecular formula is C18H18FNO4. The Morgan fingerprint density at radius 3 is 2.96 bits per heavy atom. The molecule has 24 heavy (non-hydrogen) atoms. The van der Waals surface area contributed by atoms with Gasteiger partial charge in [-0.15, -0.1) is 0 Å². The van der Waals surface area contributed by atoms with Gasteiger partial charge in [-0.25, -0.2) is 4.39 Å². The highest BCUT2D eigenvalue weighted by Gasteiger charge is 2.17. The van der Waals surface area contributed by atoms with Gasteiger partial charge in [-0.2, -0.15) is 0 Å². The minimum Gasteiger partial charge on any atom is -0.507 e. The summed E-state index contributed by atoms with van der Waals surface area (Å²) in [5.74, 6) is -0.173. The van der Waals surface area contributed by atoms with E-state index in [1.807, 2.05) is 6.92 Å². The first-order chi connectivity index (χ1) is 11.5. The van der Waals surface area contributed by atoms with Crippen LogP contribution in [0.1, 0.15) is 27.0 Å². The summed E-state index contributed by atoms with van der Waals surface area (Å²) in [5, 5.41) is 12.6. The molecule has 0 spiro atoms. The number of carbonyl (C=O) groups is 1. The zero-order chi connectivity index (χ0) is 17.1. The summed E-state index contributed by atoms with van der Waals surface area (Å²) in [6.07, 6.45) is 0.415. The van der Waals surface area contributed by atoms with Crippen LogP contribution in [0.5, 0.6) is 11.5 Å². The molecule has 0 bridgehead atoms. The van der Waals surface area contributed by atoms with E-state index in [4.69, 9.17) is 9.47 Å². The van der Waals surface area contributed by atoms with Gasteiger partial charge in [0.15, 0.2) is 6.79 Å². The average molecular weight is 331 g/mol. The number of aryl methyl sites for hydroxylation is 1. The molecule has 2 N–H and O–H groups in total. The Morgan fingerprint density at radius 2 is 2.17 bits per heavy atom. The van der Waals surface area contributed by atoms with Crippen LogP contribution < -0.4 is 10.1 Å². The van der Waals surface area contributed by atoms with Gasteiger partial charge in [0, 0.05) is 12.1 Å². The first-order valence-electron chi connectivity index (χ1n) is 7.64. The highest BCUT2D eigenvalue weighted by atomic mass is 19.1. The summed E-state index contributed by atoms with van der Waals surface area (Å²) in [7, 11) is 0. The largest absolute Gasteiger partial charge is 0.507 e. The summed E-state index contributed by atoms with van der Waals surface area (Å²) < 4.78 is 24.3. The van der Waals surface area contributed by atoms with Crippen LogP contribution in [0, 0.1) is 12.7 Å². The topological polar surface area (TPSA) is 67.8 Å². The molecule has 0 saturated heterocycles. The fourth-order valence-electron chi connectivity index (χ4n) is 2.68. The predicted molar refractivity (Wildman–Crippen MR) is 85.6 cm³/mol. The number of hydrogen-bond donors (Lipinski definition) is 2. The van der Waals surface area contributed by atoms with Gasteiger partial charge in [0.1, 0.15) is 17.3 Å². The van der Waals surface area contributed by atoms with Crippen molar-refractivity contribution in [2.45, 2.75) is 20.0 Å². The molecular weight excluding hydrogens is 313 g/mol. The second-order valence-electron chi connectivity index (χ2n) is 5.69. The number of nitrogens with one attached hydrogen (secondary N) is 1. The Labute approximate surface area is 139 Å². The third-order valence-electron chi connectivity index (χ3n) is 3.83. The van der Waals surface area contributed by atoms with E-state index in [1.165, 1.54) is 18.2 Å². The third-order valence-corrected chi connectivity index (χ3v) is 3.83. The van der Waals surface area contributed by atoms with Crippen molar-refractivity contribution in [1.82, 2.24) is 5.32 Å². The monoisotopic (exact) mass is 331 g/mol. The van der Waals surface area contributed by atoms with Crippen LogP contribution in [-0.4, -0.2) is 24.4 Å². The number of hydrogen-bond acceptors (Lipinski definition) is 4. The number of carbonyl (C=O) groups excluding carboxylic acids is 1. The normalized spacial score (nSPS) is 13.1. The van der Waals surface area contributed by atoms with E-state index in [9.17, 15) is 14.3 Å². The van der Waals surface area contributed by atoms with Crippen LogP contribution in [0.4, 0.5) is 4.39 Å². The van der Waals surface area contributed by atoms with E-state index in [-0.39, 0.29) is 29.8 Å². The second-order valence-corrected chi connectivity index (χ2v) is 5.69. The highest BCUT2D eigenvalue weighted by Crippen LogP contribution is 2.29. The van der Waals surface area contributed by atoms with E-state index in [2.05, 4.69) is 5.32 Å². The Bertz CT molecular complexity index is 776. The molecule has 3 rings (SSSR count). The molecule has 5 nitrogen and oxygen atoms in total. The molecule has 2 aromatic rings. The SMILES string of the molecule is Cc1ccc(C(=O)NCCc2cc(F)cc3c2OCOC3)c(O)c1. The summed E-state index contributed by atoms with van der Waals surface area (Å²) in [5.41, 5.74) is 2.43. The average Bonchev–Trinajstić information content (AvgIpc) is 2.54. The van der Waals surface area contributed by atoms with Gasteiger partial charge in [0.2, 0.25) is 0 Å². The molecule has 0 fully saturated rings. The summed E-state index contributed by atoms with van der Waals surface area (Å²) in [4.78, 5) is 12.1. The highest BCUT2D eigenvalue weighted by molar-refractivity contribution is 5.96. The Kier molecular flexibility index (Phi) is 4.66. The first kappa shape index (κ1) is 16.3. The number of halogens is 1. The van der Waals surface area contributed by atoms with Gasteiger partial charge in [0.05, 0.1) is 12.2 Å². The molecule has 1 aliphatic rings. The van der Waals surface area contributed by atoms with E-state index in [0.717, 1.165) is 5.56 Å². The number of phenolic OH excluding ortho intramolecular Hbond substituents is 1. The molecule has 0 aliphatic carbocycles. The summed E-state index contributed by atoms with van der Waals surface area (Å²) in [6.45, 7) is 2.57. The smallest absolute Gasteiger partial charge is 0.255 e. The van der Waals surface area contributed by atoms with Gasteiger partial charge in [-0.05, 0) is 48.7 Å². The molecule has 0 saturated carbocycles. The number of amides is 1. The van der Waals surface area contributed by atoms with Crippen molar-refractivity contribution in [1.29, 1.82) is 0 Å². The van der Waals surface area contributed by atoms with Crippen molar-refractivity contribution in [3.8, 4) is 11.5 Å². The Balaban J connectivity index is 1.66. The maximum atomic E-state index is 13.7. The van der Waals surface area contributed by atoms with Gasteiger partial charge in [-0.1, -0.05) is 6.07 Å². The van der Waals surface area contributed by atoms with Crippen LogP contribution in [0.15, 0.2) is 30.3 Å². The van der Waals surface area contributed by atoms with Gasteiger partial charge in [0.25, 0.3) is 5.91 Å². The number of ether oxygens (including phenoxy) is 2. The van der Waals surface area contributed by atoms with Crippen molar-refractivity contribution in [2.75, 3.05) is 13.3 Å². The fraction of sp³-hybridized carbons (Fsp3) is 0.278. The summed E-state index contributed by atoms with van der Waals surface area (Å²) in [6, 6.07) is 7.65. The standard InChI is InChI=1S/C18H18FNO4/c1-11-2-3-15(16(21)6-11)18(22)20-5-4-12-7-14(19)8-13-9-23-10-24-17(12)13/h2-3,6-8,21H,4-5,9-10H2,1H3,(H,20,22). The molecule has 0 atom stereocenters. The lowest BCUT2D eigenvalue weighted by molar-refractivity contribution is -0.0172. The van der Waals surface area contributed by atoms with Crippen molar-refractivity contribution in [3.05, 3.63) is 58.4 Å². The fourth-order valence-corrected chi connectivity index (χ4v) is 2.68. The van der Waals surface area contributed by atoms with E-state index >= 15 is 0 Å². The maximum absolute atomic E-state index is 13.7.